The third-order valence-electron chi connectivity index (χ3n) is 5.20. The zero-order valence-corrected chi connectivity index (χ0v) is 16.3. The summed E-state index contributed by atoms with van der Waals surface area (Å²) >= 11 is 0. The number of para-hydroxylation sites is 2. The van der Waals surface area contributed by atoms with Crippen LogP contribution in [0, 0.1) is 0 Å². The number of hydrogen-bond acceptors (Lipinski definition) is 3. The fraction of sp³-hybridized carbons (Fsp3) is 0.0400. The van der Waals surface area contributed by atoms with Gasteiger partial charge in [0.15, 0.2) is 0 Å². The van der Waals surface area contributed by atoms with Crippen LogP contribution in [0.2, 0.25) is 0 Å². The van der Waals surface area contributed by atoms with Gasteiger partial charge in [0.05, 0.1) is 18.3 Å². The van der Waals surface area contributed by atoms with Crippen molar-refractivity contribution < 1.29 is 9.53 Å². The van der Waals surface area contributed by atoms with Crippen molar-refractivity contribution in [2.24, 2.45) is 0 Å². The first-order valence-corrected chi connectivity index (χ1v) is 9.64. The highest BCUT2D eigenvalue weighted by molar-refractivity contribution is 6.34. The van der Waals surface area contributed by atoms with Crippen molar-refractivity contribution in [3.05, 3.63) is 89.1 Å². The summed E-state index contributed by atoms with van der Waals surface area (Å²) in [5.41, 5.74) is 6.12. The Morgan fingerprint density at radius 3 is 2.70 bits per heavy atom. The average molecular weight is 393 g/mol. The van der Waals surface area contributed by atoms with Gasteiger partial charge in [0.1, 0.15) is 5.75 Å². The number of benzene rings is 3. The molecule has 0 atom stereocenters. The first-order valence-electron chi connectivity index (χ1n) is 9.64. The second-order valence-electron chi connectivity index (χ2n) is 7.05. The standard InChI is InChI=1S/C25H19N3O2/c1-30-24-9-5-2-6-17(24)11-13-22-19-12-10-16(15-23(19)28-27-22)14-20-18-7-3-4-8-21(18)26-25(20)29/h2-15H,1H3,(H,26,29)(H,27,28)/b13-11+,20-14?. The first kappa shape index (κ1) is 17.9. The van der Waals surface area contributed by atoms with Crippen LogP contribution in [0.1, 0.15) is 22.4 Å². The normalized spacial score (nSPS) is 14.4. The number of H-pyrrole nitrogens is 1. The summed E-state index contributed by atoms with van der Waals surface area (Å²) in [6, 6.07) is 21.6. The Morgan fingerprint density at radius 1 is 0.967 bits per heavy atom. The van der Waals surface area contributed by atoms with E-state index in [2.05, 4.69) is 15.5 Å². The number of nitrogens with zero attached hydrogens (tertiary/aromatic N) is 1. The summed E-state index contributed by atoms with van der Waals surface area (Å²) in [5.74, 6) is 0.735. The van der Waals surface area contributed by atoms with E-state index >= 15 is 0 Å². The summed E-state index contributed by atoms with van der Waals surface area (Å²) in [6.07, 6.45) is 5.87. The number of aromatic amines is 1. The molecule has 2 heterocycles. The van der Waals surface area contributed by atoms with E-state index in [1.165, 1.54) is 0 Å². The van der Waals surface area contributed by atoms with Gasteiger partial charge < -0.3 is 10.1 Å². The molecule has 1 aromatic heterocycles. The van der Waals surface area contributed by atoms with Crippen LogP contribution in [0.3, 0.4) is 0 Å². The van der Waals surface area contributed by atoms with Gasteiger partial charge in [-0.2, -0.15) is 5.10 Å². The van der Waals surface area contributed by atoms with Crippen molar-refractivity contribution in [3.63, 3.8) is 0 Å². The molecule has 1 aliphatic heterocycles. The molecule has 5 rings (SSSR count). The minimum Gasteiger partial charge on any atom is -0.496 e. The van der Waals surface area contributed by atoms with Gasteiger partial charge in [0, 0.05) is 27.8 Å². The molecule has 0 aliphatic carbocycles. The lowest BCUT2D eigenvalue weighted by molar-refractivity contribution is -0.110. The van der Waals surface area contributed by atoms with Crippen LogP contribution in [0.5, 0.6) is 5.75 Å². The predicted octanol–water partition coefficient (Wildman–Crippen LogP) is 5.23. The van der Waals surface area contributed by atoms with Crippen molar-refractivity contribution in [2.75, 3.05) is 12.4 Å². The molecule has 0 saturated carbocycles. The van der Waals surface area contributed by atoms with Gasteiger partial charge in [-0.3, -0.25) is 9.89 Å². The number of hydrogen-bond donors (Lipinski definition) is 2. The Labute approximate surface area is 173 Å². The minimum atomic E-state index is -0.0821. The number of rotatable bonds is 4. The number of carbonyl (C=O) groups is 1. The molecule has 5 nitrogen and oxygen atoms in total. The summed E-state index contributed by atoms with van der Waals surface area (Å²) in [5, 5.41) is 11.4. The summed E-state index contributed by atoms with van der Waals surface area (Å²) < 4.78 is 5.40. The molecule has 3 aromatic carbocycles. The largest absolute Gasteiger partial charge is 0.496 e. The second kappa shape index (κ2) is 7.37. The molecule has 0 saturated heterocycles. The topological polar surface area (TPSA) is 67.0 Å². The Bertz CT molecular complexity index is 1330. The smallest absolute Gasteiger partial charge is 0.256 e. The zero-order valence-electron chi connectivity index (χ0n) is 16.3. The molecule has 0 fully saturated rings. The van der Waals surface area contributed by atoms with Gasteiger partial charge in [-0.15, -0.1) is 0 Å². The molecule has 1 aliphatic rings. The molecular formula is C25H19N3O2. The van der Waals surface area contributed by atoms with E-state index in [0.717, 1.165) is 44.7 Å². The highest BCUT2D eigenvalue weighted by Gasteiger charge is 2.23. The summed E-state index contributed by atoms with van der Waals surface area (Å²) in [4.78, 5) is 12.4. The monoisotopic (exact) mass is 393 g/mol. The van der Waals surface area contributed by atoms with E-state index in [9.17, 15) is 4.79 Å². The van der Waals surface area contributed by atoms with E-state index in [1.807, 2.05) is 85.0 Å². The number of methoxy groups -OCH3 is 1. The summed E-state index contributed by atoms with van der Waals surface area (Å²) in [7, 11) is 1.66. The molecule has 4 aromatic rings. The highest BCUT2D eigenvalue weighted by Crippen LogP contribution is 2.33. The minimum absolute atomic E-state index is 0.0821. The van der Waals surface area contributed by atoms with Gasteiger partial charge in [0.25, 0.3) is 5.91 Å². The van der Waals surface area contributed by atoms with Crippen LogP contribution in [0.25, 0.3) is 34.7 Å². The molecule has 30 heavy (non-hydrogen) atoms. The first-order chi connectivity index (χ1) is 14.7. The lowest BCUT2D eigenvalue weighted by Crippen LogP contribution is -2.03. The quantitative estimate of drug-likeness (QED) is 0.466. The van der Waals surface area contributed by atoms with Gasteiger partial charge >= 0.3 is 0 Å². The molecule has 2 N–H and O–H groups in total. The Morgan fingerprint density at radius 2 is 1.80 bits per heavy atom. The number of nitrogens with one attached hydrogen (secondary N) is 2. The Hall–Kier alpha value is -4.12. The van der Waals surface area contributed by atoms with E-state index < -0.39 is 0 Å². The van der Waals surface area contributed by atoms with E-state index in [-0.39, 0.29) is 5.91 Å². The van der Waals surface area contributed by atoms with Crippen LogP contribution in [0.15, 0.2) is 66.7 Å². The van der Waals surface area contributed by atoms with Crippen LogP contribution in [-0.4, -0.2) is 23.2 Å². The number of carbonyl (C=O) groups excluding carboxylic acids is 1. The maximum Gasteiger partial charge on any atom is 0.256 e. The molecule has 146 valence electrons. The maximum atomic E-state index is 12.4. The average Bonchev–Trinajstić information content (AvgIpc) is 3.32. The third kappa shape index (κ3) is 3.16. The van der Waals surface area contributed by atoms with E-state index in [0.29, 0.717) is 5.57 Å². The molecule has 5 heteroatoms. The predicted molar refractivity (Wildman–Crippen MR) is 121 cm³/mol. The van der Waals surface area contributed by atoms with Gasteiger partial charge in [-0.1, -0.05) is 42.5 Å². The van der Waals surface area contributed by atoms with Crippen molar-refractivity contribution in [1.82, 2.24) is 10.2 Å². The van der Waals surface area contributed by atoms with Crippen molar-refractivity contribution in [3.8, 4) is 5.75 Å². The SMILES string of the molecule is COc1ccccc1/C=C/c1n[nH]c2cc(C=C3C(=O)Nc4ccccc43)ccc12. The van der Waals surface area contributed by atoms with Crippen LogP contribution >= 0.6 is 0 Å². The third-order valence-corrected chi connectivity index (χ3v) is 5.20. The lowest BCUT2D eigenvalue weighted by atomic mass is 10.0. The summed E-state index contributed by atoms with van der Waals surface area (Å²) in [6.45, 7) is 0. The Balaban J connectivity index is 1.48. The number of aromatic nitrogens is 2. The molecule has 0 radical (unpaired) electrons. The fourth-order valence-electron chi connectivity index (χ4n) is 3.70. The molecule has 0 spiro atoms. The van der Waals surface area contributed by atoms with E-state index in [1.54, 1.807) is 7.11 Å². The van der Waals surface area contributed by atoms with Gasteiger partial charge in [0.2, 0.25) is 0 Å². The lowest BCUT2D eigenvalue weighted by Gasteiger charge is -2.02. The number of ether oxygens (including phenoxy) is 1. The molecule has 0 unspecified atom stereocenters. The van der Waals surface area contributed by atoms with E-state index in [4.69, 9.17) is 4.74 Å². The van der Waals surface area contributed by atoms with Crippen LogP contribution in [-0.2, 0) is 4.79 Å². The van der Waals surface area contributed by atoms with Crippen LogP contribution < -0.4 is 10.1 Å². The fourth-order valence-corrected chi connectivity index (χ4v) is 3.70. The number of amides is 1. The Kier molecular flexibility index (Phi) is 4.41. The van der Waals surface area contributed by atoms with Gasteiger partial charge in [-0.05, 0) is 48.1 Å². The number of fused-ring (bicyclic) bond motifs is 2. The van der Waals surface area contributed by atoms with Gasteiger partial charge in [-0.25, -0.2) is 0 Å². The zero-order chi connectivity index (χ0) is 20.5. The highest BCUT2D eigenvalue weighted by atomic mass is 16.5. The molecule has 0 bridgehead atoms. The maximum absolute atomic E-state index is 12.4. The van der Waals surface area contributed by atoms with Crippen molar-refractivity contribution >= 4 is 46.3 Å². The van der Waals surface area contributed by atoms with Crippen molar-refractivity contribution in [2.45, 2.75) is 0 Å². The van der Waals surface area contributed by atoms with Crippen molar-refractivity contribution in [1.29, 1.82) is 0 Å². The molecule has 1 amide bonds. The number of anilines is 1. The van der Waals surface area contributed by atoms with Crippen LogP contribution in [0.4, 0.5) is 5.69 Å². The molecular weight excluding hydrogens is 374 g/mol. The second-order valence-corrected chi connectivity index (χ2v) is 7.05.